The first-order valence-electron chi connectivity index (χ1n) is 6.05. The second-order valence-corrected chi connectivity index (χ2v) is 4.76. The van der Waals surface area contributed by atoms with Crippen LogP contribution in [0, 0.1) is 11.7 Å². The van der Waals surface area contributed by atoms with Gasteiger partial charge < -0.3 is 9.67 Å². The monoisotopic (exact) mass is 248 g/mol. The third-order valence-electron chi connectivity index (χ3n) is 3.57. The molecule has 4 nitrogen and oxygen atoms in total. The molecule has 2 aromatic rings. The van der Waals surface area contributed by atoms with Gasteiger partial charge in [-0.3, -0.25) is 0 Å². The fraction of sp³-hybridized carbons (Fsp3) is 0.385. The zero-order valence-corrected chi connectivity index (χ0v) is 9.77. The highest BCUT2D eigenvalue weighted by Gasteiger charge is 2.24. The molecule has 1 N–H and O–H groups in total. The highest BCUT2D eigenvalue weighted by atomic mass is 19.1. The summed E-state index contributed by atoms with van der Waals surface area (Å²) in [5.74, 6) is -1.14. The fourth-order valence-corrected chi connectivity index (χ4v) is 2.42. The molecule has 1 aliphatic carbocycles. The molecule has 1 aliphatic rings. The van der Waals surface area contributed by atoms with E-state index in [1.165, 1.54) is 17.1 Å². The standard InChI is InChI=1S/C13H13FN2O2/c14-9-5-2-6-10-11(9)16(7-8-3-1-4-8)12(15-10)13(17)18/h2,5-6,8H,1,3-4,7H2,(H,17,18). The Balaban J connectivity index is 2.16. The van der Waals surface area contributed by atoms with Crippen LogP contribution >= 0.6 is 0 Å². The number of halogens is 1. The zero-order chi connectivity index (χ0) is 12.7. The molecule has 1 fully saturated rings. The van der Waals surface area contributed by atoms with Crippen molar-refractivity contribution < 1.29 is 14.3 Å². The van der Waals surface area contributed by atoms with Gasteiger partial charge in [0.1, 0.15) is 11.3 Å². The normalized spacial score (nSPS) is 15.8. The molecule has 0 unspecified atom stereocenters. The van der Waals surface area contributed by atoms with Crippen LogP contribution in [0.4, 0.5) is 4.39 Å². The van der Waals surface area contributed by atoms with Gasteiger partial charge in [0.25, 0.3) is 0 Å². The van der Waals surface area contributed by atoms with Gasteiger partial charge in [0.05, 0.1) is 5.52 Å². The Bertz CT molecular complexity index is 617. The smallest absolute Gasteiger partial charge is 0.372 e. The number of benzene rings is 1. The van der Waals surface area contributed by atoms with Crippen LogP contribution in [0.1, 0.15) is 29.9 Å². The number of aromatic nitrogens is 2. The van der Waals surface area contributed by atoms with E-state index < -0.39 is 11.8 Å². The van der Waals surface area contributed by atoms with Crippen LogP contribution < -0.4 is 0 Å². The number of nitrogens with zero attached hydrogens (tertiary/aromatic N) is 2. The van der Waals surface area contributed by atoms with E-state index in [9.17, 15) is 9.18 Å². The summed E-state index contributed by atoms with van der Waals surface area (Å²) in [6, 6.07) is 4.53. The van der Waals surface area contributed by atoms with Gasteiger partial charge in [-0.2, -0.15) is 0 Å². The maximum absolute atomic E-state index is 13.8. The molecule has 0 radical (unpaired) electrons. The fourth-order valence-electron chi connectivity index (χ4n) is 2.42. The third kappa shape index (κ3) is 1.66. The summed E-state index contributed by atoms with van der Waals surface area (Å²) in [6.07, 6.45) is 3.32. The Hall–Kier alpha value is -1.91. The average Bonchev–Trinajstić information content (AvgIpc) is 2.64. The van der Waals surface area contributed by atoms with Gasteiger partial charge in [-0.25, -0.2) is 14.2 Å². The first kappa shape index (κ1) is 11.2. The van der Waals surface area contributed by atoms with Crippen molar-refractivity contribution in [2.75, 3.05) is 0 Å². The summed E-state index contributed by atoms with van der Waals surface area (Å²) >= 11 is 0. The summed E-state index contributed by atoms with van der Waals surface area (Å²) in [6.45, 7) is 0.541. The molecule has 18 heavy (non-hydrogen) atoms. The summed E-state index contributed by atoms with van der Waals surface area (Å²) in [7, 11) is 0. The maximum atomic E-state index is 13.8. The molecule has 1 aromatic heterocycles. The Morgan fingerprint density at radius 3 is 2.89 bits per heavy atom. The molecule has 0 spiro atoms. The van der Waals surface area contributed by atoms with Crippen LogP contribution in [0.3, 0.4) is 0 Å². The topological polar surface area (TPSA) is 55.1 Å². The van der Waals surface area contributed by atoms with E-state index >= 15 is 0 Å². The number of fused-ring (bicyclic) bond motifs is 1. The molecule has 5 heteroatoms. The lowest BCUT2D eigenvalue weighted by Crippen LogP contribution is -2.21. The van der Waals surface area contributed by atoms with Crippen molar-refractivity contribution in [3.8, 4) is 0 Å². The summed E-state index contributed by atoms with van der Waals surface area (Å²) in [5, 5.41) is 9.16. The number of rotatable bonds is 3. The minimum absolute atomic E-state index is 0.0676. The van der Waals surface area contributed by atoms with Gasteiger partial charge in [-0.1, -0.05) is 12.5 Å². The van der Waals surface area contributed by atoms with Crippen LogP contribution in [0.15, 0.2) is 18.2 Å². The molecule has 1 saturated carbocycles. The number of hydrogen-bond acceptors (Lipinski definition) is 2. The lowest BCUT2D eigenvalue weighted by molar-refractivity contribution is 0.0676. The molecule has 3 rings (SSSR count). The molecule has 0 amide bonds. The van der Waals surface area contributed by atoms with Crippen LogP contribution in [-0.2, 0) is 6.54 Å². The van der Waals surface area contributed by atoms with Crippen molar-refractivity contribution in [1.29, 1.82) is 0 Å². The summed E-state index contributed by atoms with van der Waals surface area (Å²) in [5.41, 5.74) is 0.716. The van der Waals surface area contributed by atoms with Crippen molar-refractivity contribution >= 4 is 17.0 Å². The van der Waals surface area contributed by atoms with Gasteiger partial charge in [-0.15, -0.1) is 0 Å². The van der Waals surface area contributed by atoms with Gasteiger partial charge in [0, 0.05) is 6.54 Å². The molecule has 94 valence electrons. The molecule has 0 aliphatic heterocycles. The van der Waals surface area contributed by atoms with E-state index in [4.69, 9.17) is 5.11 Å². The number of carbonyl (C=O) groups is 1. The first-order chi connectivity index (χ1) is 8.66. The van der Waals surface area contributed by atoms with Crippen LogP contribution in [-0.4, -0.2) is 20.6 Å². The predicted molar refractivity (Wildman–Crippen MR) is 64.0 cm³/mol. The molecule has 1 aromatic carbocycles. The Morgan fingerprint density at radius 2 is 2.28 bits per heavy atom. The SMILES string of the molecule is O=C(O)c1nc2cccc(F)c2n1CC1CCC1. The van der Waals surface area contributed by atoms with Gasteiger partial charge in [0.2, 0.25) is 5.82 Å². The van der Waals surface area contributed by atoms with Crippen LogP contribution in [0.5, 0.6) is 0 Å². The minimum Gasteiger partial charge on any atom is -0.475 e. The number of hydrogen-bond donors (Lipinski definition) is 1. The number of imidazole rings is 1. The largest absolute Gasteiger partial charge is 0.475 e. The molecular formula is C13H13FN2O2. The highest BCUT2D eigenvalue weighted by Crippen LogP contribution is 2.30. The number of carboxylic acid groups (broad SMARTS) is 1. The average molecular weight is 248 g/mol. The second-order valence-electron chi connectivity index (χ2n) is 4.76. The van der Waals surface area contributed by atoms with E-state index in [-0.39, 0.29) is 5.82 Å². The van der Waals surface area contributed by atoms with Crippen LogP contribution in [0.25, 0.3) is 11.0 Å². The summed E-state index contributed by atoms with van der Waals surface area (Å²) < 4.78 is 15.4. The van der Waals surface area contributed by atoms with E-state index in [1.54, 1.807) is 12.1 Å². The summed E-state index contributed by atoms with van der Waals surface area (Å²) in [4.78, 5) is 15.2. The van der Waals surface area contributed by atoms with Crippen molar-refractivity contribution in [2.24, 2.45) is 5.92 Å². The maximum Gasteiger partial charge on any atom is 0.372 e. The predicted octanol–water partition coefficient (Wildman–Crippen LogP) is 2.67. The first-order valence-corrected chi connectivity index (χ1v) is 6.05. The minimum atomic E-state index is -1.11. The lowest BCUT2D eigenvalue weighted by atomic mass is 9.85. The van der Waals surface area contributed by atoms with E-state index in [0.29, 0.717) is 23.5 Å². The van der Waals surface area contributed by atoms with Gasteiger partial charge >= 0.3 is 5.97 Å². The number of para-hydroxylation sites is 1. The quantitative estimate of drug-likeness (QED) is 0.908. The molecule has 0 bridgehead atoms. The van der Waals surface area contributed by atoms with Gasteiger partial charge in [0.15, 0.2) is 0 Å². The number of aromatic carboxylic acids is 1. The Morgan fingerprint density at radius 1 is 1.50 bits per heavy atom. The molecule has 0 saturated heterocycles. The molecular weight excluding hydrogens is 235 g/mol. The van der Waals surface area contributed by atoms with E-state index in [1.807, 2.05) is 0 Å². The van der Waals surface area contributed by atoms with Crippen molar-refractivity contribution in [3.05, 3.63) is 29.8 Å². The van der Waals surface area contributed by atoms with E-state index in [2.05, 4.69) is 4.98 Å². The second kappa shape index (κ2) is 4.08. The third-order valence-corrected chi connectivity index (χ3v) is 3.57. The van der Waals surface area contributed by atoms with Crippen molar-refractivity contribution in [3.63, 3.8) is 0 Å². The van der Waals surface area contributed by atoms with E-state index in [0.717, 1.165) is 12.8 Å². The molecule has 1 heterocycles. The van der Waals surface area contributed by atoms with Crippen molar-refractivity contribution in [1.82, 2.24) is 9.55 Å². The lowest BCUT2D eigenvalue weighted by Gasteiger charge is -2.26. The highest BCUT2D eigenvalue weighted by molar-refractivity contribution is 5.90. The Labute approximate surface area is 103 Å². The van der Waals surface area contributed by atoms with Crippen molar-refractivity contribution in [2.45, 2.75) is 25.8 Å². The molecule has 0 atom stereocenters. The number of carboxylic acids is 1. The zero-order valence-electron chi connectivity index (χ0n) is 9.77. The van der Waals surface area contributed by atoms with Crippen LogP contribution in [0.2, 0.25) is 0 Å². The van der Waals surface area contributed by atoms with Gasteiger partial charge in [-0.05, 0) is 30.9 Å². The Kier molecular flexibility index (Phi) is 2.54.